The highest BCUT2D eigenvalue weighted by Crippen LogP contribution is 2.32. The van der Waals surface area contributed by atoms with Crippen LogP contribution in [-0.2, 0) is 17.5 Å². The van der Waals surface area contributed by atoms with Gasteiger partial charge in [0.2, 0.25) is 5.91 Å². The van der Waals surface area contributed by atoms with Crippen LogP contribution >= 0.6 is 11.8 Å². The standard InChI is InChI=1S/C24H23F3N4O2S/c1-2-10-31-22(33)19-8-3-4-9-20(19)28-23(31)34-16-21(32)30-13-11-29(12-14-30)18-7-5-6-17(15-18)24(25,26)27/h2-9,15H,1,10-14,16H2. The van der Waals surface area contributed by atoms with Gasteiger partial charge in [-0.25, -0.2) is 4.98 Å². The second-order valence-electron chi connectivity index (χ2n) is 7.82. The molecule has 1 amide bonds. The zero-order valence-corrected chi connectivity index (χ0v) is 19.1. The van der Waals surface area contributed by atoms with Crippen LogP contribution in [0.5, 0.6) is 0 Å². The number of anilines is 1. The highest BCUT2D eigenvalue weighted by atomic mass is 32.2. The van der Waals surface area contributed by atoms with Gasteiger partial charge in [-0.2, -0.15) is 13.2 Å². The zero-order valence-electron chi connectivity index (χ0n) is 18.3. The fraction of sp³-hybridized carbons (Fsp3) is 0.292. The van der Waals surface area contributed by atoms with Crippen molar-refractivity contribution in [1.29, 1.82) is 0 Å². The molecular formula is C24H23F3N4O2S. The number of allylic oxidation sites excluding steroid dienone is 1. The lowest BCUT2D eigenvalue weighted by molar-refractivity contribution is -0.137. The molecule has 0 atom stereocenters. The number of carbonyl (C=O) groups excluding carboxylic acids is 1. The monoisotopic (exact) mass is 488 g/mol. The molecule has 0 spiro atoms. The number of halogens is 3. The van der Waals surface area contributed by atoms with Crippen LogP contribution < -0.4 is 10.5 Å². The summed E-state index contributed by atoms with van der Waals surface area (Å²) in [4.78, 5) is 33.7. The summed E-state index contributed by atoms with van der Waals surface area (Å²) in [5.74, 6) is -0.00729. The van der Waals surface area contributed by atoms with E-state index in [1.54, 1.807) is 41.3 Å². The van der Waals surface area contributed by atoms with E-state index in [2.05, 4.69) is 11.6 Å². The number of hydrogen-bond donors (Lipinski definition) is 0. The molecule has 4 rings (SSSR count). The fourth-order valence-corrected chi connectivity index (χ4v) is 4.77. The summed E-state index contributed by atoms with van der Waals surface area (Å²) in [7, 11) is 0. The number of alkyl halides is 3. The van der Waals surface area contributed by atoms with Gasteiger partial charge in [-0.1, -0.05) is 36.0 Å². The predicted molar refractivity (Wildman–Crippen MR) is 127 cm³/mol. The van der Waals surface area contributed by atoms with Gasteiger partial charge in [0.25, 0.3) is 5.56 Å². The van der Waals surface area contributed by atoms with Crippen LogP contribution in [0.1, 0.15) is 5.56 Å². The molecule has 1 fully saturated rings. The quantitative estimate of drug-likeness (QED) is 0.298. The number of thioether (sulfide) groups is 1. The molecule has 2 aromatic carbocycles. The zero-order chi connectivity index (χ0) is 24.3. The lowest BCUT2D eigenvalue weighted by Gasteiger charge is -2.36. The molecule has 2 heterocycles. The van der Waals surface area contributed by atoms with Crippen molar-refractivity contribution < 1.29 is 18.0 Å². The highest BCUT2D eigenvalue weighted by Gasteiger charge is 2.31. The summed E-state index contributed by atoms with van der Waals surface area (Å²) in [6, 6.07) is 12.3. The van der Waals surface area contributed by atoms with Crippen molar-refractivity contribution in [3.05, 3.63) is 77.1 Å². The van der Waals surface area contributed by atoms with Gasteiger partial charge in [0.15, 0.2) is 5.16 Å². The molecule has 1 aliphatic heterocycles. The Morgan fingerprint density at radius 3 is 2.53 bits per heavy atom. The van der Waals surface area contributed by atoms with Gasteiger partial charge in [-0.15, -0.1) is 6.58 Å². The van der Waals surface area contributed by atoms with Crippen molar-refractivity contribution in [3.8, 4) is 0 Å². The number of carbonyl (C=O) groups is 1. The number of hydrogen-bond acceptors (Lipinski definition) is 5. The second-order valence-corrected chi connectivity index (χ2v) is 8.76. The second kappa shape index (κ2) is 9.92. The number of benzene rings is 2. The molecule has 0 N–H and O–H groups in total. The minimum absolute atomic E-state index is 0.103. The van der Waals surface area contributed by atoms with Crippen molar-refractivity contribution in [3.63, 3.8) is 0 Å². The summed E-state index contributed by atoms with van der Waals surface area (Å²) in [6.07, 6.45) is -2.79. The molecule has 178 valence electrons. The van der Waals surface area contributed by atoms with Gasteiger partial charge in [0.1, 0.15) is 0 Å². The largest absolute Gasteiger partial charge is 0.416 e. The summed E-state index contributed by atoms with van der Waals surface area (Å²) >= 11 is 1.19. The number of aromatic nitrogens is 2. The Morgan fingerprint density at radius 2 is 1.82 bits per heavy atom. The van der Waals surface area contributed by atoms with Crippen LogP contribution in [-0.4, -0.2) is 52.3 Å². The van der Waals surface area contributed by atoms with Crippen molar-refractivity contribution in [2.45, 2.75) is 17.9 Å². The van der Waals surface area contributed by atoms with Gasteiger partial charge in [0.05, 0.1) is 22.2 Å². The molecule has 0 radical (unpaired) electrons. The van der Waals surface area contributed by atoms with E-state index in [4.69, 9.17) is 0 Å². The molecule has 1 saturated heterocycles. The third-order valence-electron chi connectivity index (χ3n) is 5.63. The minimum Gasteiger partial charge on any atom is -0.368 e. The lowest BCUT2D eigenvalue weighted by atomic mass is 10.1. The smallest absolute Gasteiger partial charge is 0.368 e. The van der Waals surface area contributed by atoms with Crippen LogP contribution in [0.25, 0.3) is 10.9 Å². The highest BCUT2D eigenvalue weighted by molar-refractivity contribution is 7.99. The van der Waals surface area contributed by atoms with Gasteiger partial charge >= 0.3 is 6.18 Å². The van der Waals surface area contributed by atoms with E-state index in [1.165, 1.54) is 22.4 Å². The molecule has 1 aliphatic rings. The Morgan fingerprint density at radius 1 is 1.09 bits per heavy atom. The Hall–Kier alpha value is -3.27. The summed E-state index contributed by atoms with van der Waals surface area (Å²) in [6.45, 7) is 5.66. The maximum Gasteiger partial charge on any atom is 0.416 e. The van der Waals surface area contributed by atoms with Gasteiger partial charge in [0, 0.05) is 38.4 Å². The first-order valence-corrected chi connectivity index (χ1v) is 11.7. The van der Waals surface area contributed by atoms with Gasteiger partial charge < -0.3 is 9.80 Å². The Kier molecular flexibility index (Phi) is 6.97. The van der Waals surface area contributed by atoms with Crippen LogP contribution in [0.4, 0.5) is 18.9 Å². The van der Waals surface area contributed by atoms with Crippen LogP contribution in [0.15, 0.2) is 71.1 Å². The van der Waals surface area contributed by atoms with E-state index in [0.29, 0.717) is 47.9 Å². The SMILES string of the molecule is C=CCn1c(SCC(=O)N2CCN(c3cccc(C(F)(F)F)c3)CC2)nc2ccccc2c1=O. The molecule has 0 saturated carbocycles. The Balaban J connectivity index is 1.41. The molecule has 34 heavy (non-hydrogen) atoms. The number of rotatable bonds is 6. The van der Waals surface area contributed by atoms with Gasteiger partial charge in [-0.05, 0) is 30.3 Å². The first kappa shape index (κ1) is 23.9. The maximum absolute atomic E-state index is 13.0. The summed E-state index contributed by atoms with van der Waals surface area (Å²) in [5.41, 5.74) is 0.186. The van der Waals surface area contributed by atoms with Crippen molar-refractivity contribution in [2.75, 3.05) is 36.8 Å². The average molecular weight is 489 g/mol. The van der Waals surface area contributed by atoms with Crippen LogP contribution in [0.3, 0.4) is 0 Å². The Labute approximate surface area is 198 Å². The molecule has 10 heteroatoms. The number of nitrogens with zero attached hydrogens (tertiary/aromatic N) is 4. The third-order valence-corrected chi connectivity index (χ3v) is 6.60. The van der Waals surface area contributed by atoms with Crippen molar-refractivity contribution >= 4 is 34.3 Å². The van der Waals surface area contributed by atoms with E-state index >= 15 is 0 Å². The summed E-state index contributed by atoms with van der Waals surface area (Å²) in [5, 5.41) is 0.949. The number of piperazine rings is 1. The molecule has 1 aromatic heterocycles. The average Bonchev–Trinajstić information content (AvgIpc) is 2.84. The van der Waals surface area contributed by atoms with E-state index in [9.17, 15) is 22.8 Å². The molecule has 6 nitrogen and oxygen atoms in total. The van der Waals surface area contributed by atoms with Crippen LogP contribution in [0.2, 0.25) is 0 Å². The first-order chi connectivity index (χ1) is 16.3. The number of amides is 1. The van der Waals surface area contributed by atoms with Crippen molar-refractivity contribution in [2.24, 2.45) is 0 Å². The van der Waals surface area contributed by atoms with E-state index in [-0.39, 0.29) is 23.8 Å². The number of fused-ring (bicyclic) bond motifs is 1. The Bertz CT molecular complexity index is 1270. The molecule has 0 bridgehead atoms. The van der Waals surface area contributed by atoms with E-state index in [0.717, 1.165) is 12.1 Å². The summed E-state index contributed by atoms with van der Waals surface area (Å²) < 4.78 is 40.5. The first-order valence-electron chi connectivity index (χ1n) is 10.7. The topological polar surface area (TPSA) is 58.4 Å². The molecule has 0 aliphatic carbocycles. The van der Waals surface area contributed by atoms with Gasteiger partial charge in [-0.3, -0.25) is 14.2 Å². The molecule has 3 aromatic rings. The third kappa shape index (κ3) is 5.11. The maximum atomic E-state index is 13.0. The normalized spacial score (nSPS) is 14.4. The van der Waals surface area contributed by atoms with Crippen LogP contribution in [0, 0.1) is 0 Å². The lowest BCUT2D eigenvalue weighted by Crippen LogP contribution is -2.49. The van der Waals surface area contributed by atoms with E-state index in [1.807, 2.05) is 4.90 Å². The number of para-hydroxylation sites is 1. The molecule has 0 unspecified atom stereocenters. The van der Waals surface area contributed by atoms with E-state index < -0.39 is 11.7 Å². The predicted octanol–water partition coefficient (Wildman–Crippen LogP) is 4.04. The minimum atomic E-state index is -4.39. The van der Waals surface area contributed by atoms with Crippen molar-refractivity contribution in [1.82, 2.24) is 14.5 Å². The molecular weight excluding hydrogens is 465 g/mol. The fourth-order valence-electron chi connectivity index (χ4n) is 3.86.